The molecule has 2 N–H and O–H groups in total. The molecule has 0 spiro atoms. The van der Waals surface area contributed by atoms with Gasteiger partial charge < -0.3 is 15.2 Å². The summed E-state index contributed by atoms with van der Waals surface area (Å²) in [6.07, 6.45) is 8.01. The average Bonchev–Trinajstić information content (AvgIpc) is 3.40. The Hall–Kier alpha value is -4.01. The van der Waals surface area contributed by atoms with Gasteiger partial charge in [-0.15, -0.1) is 0 Å². The van der Waals surface area contributed by atoms with Crippen LogP contribution in [0.25, 0.3) is 11.3 Å². The van der Waals surface area contributed by atoms with Gasteiger partial charge in [0.1, 0.15) is 6.26 Å². The first-order valence-electron chi connectivity index (χ1n) is 9.36. The third-order valence-electron chi connectivity index (χ3n) is 4.71. The Morgan fingerprint density at radius 3 is 2.80 bits per heavy atom. The zero-order valence-corrected chi connectivity index (χ0v) is 16.9. The molecule has 9 nitrogen and oxygen atoms in total. The van der Waals surface area contributed by atoms with Crippen molar-refractivity contribution >= 4 is 17.5 Å². The van der Waals surface area contributed by atoms with Crippen LogP contribution in [0.1, 0.15) is 27.0 Å². The van der Waals surface area contributed by atoms with Crippen molar-refractivity contribution in [3.05, 3.63) is 71.5 Å². The molecule has 0 unspecified atom stereocenters. The minimum Gasteiger partial charge on any atom is -0.364 e. The number of anilines is 2. The van der Waals surface area contributed by atoms with E-state index in [4.69, 9.17) is 4.52 Å². The van der Waals surface area contributed by atoms with Crippen molar-refractivity contribution in [2.75, 3.05) is 5.32 Å². The van der Waals surface area contributed by atoms with E-state index in [1.807, 2.05) is 33.2 Å². The van der Waals surface area contributed by atoms with Crippen LogP contribution in [-0.4, -0.2) is 30.8 Å². The molecule has 0 radical (unpaired) electrons. The van der Waals surface area contributed by atoms with Crippen LogP contribution in [0.4, 0.5) is 11.6 Å². The largest absolute Gasteiger partial charge is 0.364 e. The van der Waals surface area contributed by atoms with Crippen LogP contribution in [0.3, 0.4) is 0 Å². The number of nitrogens with one attached hydrogen (secondary N) is 2. The van der Waals surface area contributed by atoms with E-state index in [9.17, 15) is 4.79 Å². The standard InChI is InChI=1S/C21H21N7O2/c1-13-7-18(14(2)6-15(13)8-23-20(29)16-9-25-30-12-16)19-4-5-22-21(27-19)26-17-10-24-28(3)11-17/h4-7,9-12H,8H2,1-3H3,(H,23,29)(H,22,26,27). The van der Waals surface area contributed by atoms with Crippen LogP contribution < -0.4 is 10.6 Å². The van der Waals surface area contributed by atoms with Gasteiger partial charge in [-0.2, -0.15) is 5.10 Å². The molecule has 0 saturated heterocycles. The molecule has 0 fully saturated rings. The van der Waals surface area contributed by atoms with Crippen LogP contribution in [0.2, 0.25) is 0 Å². The lowest BCUT2D eigenvalue weighted by Crippen LogP contribution is -2.22. The molecule has 4 aromatic rings. The molecule has 0 atom stereocenters. The Kier molecular flexibility index (Phi) is 5.25. The third-order valence-corrected chi connectivity index (χ3v) is 4.71. The van der Waals surface area contributed by atoms with Crippen LogP contribution >= 0.6 is 0 Å². The van der Waals surface area contributed by atoms with Gasteiger partial charge in [-0.25, -0.2) is 9.97 Å². The van der Waals surface area contributed by atoms with Gasteiger partial charge in [-0.1, -0.05) is 11.2 Å². The normalized spacial score (nSPS) is 10.8. The summed E-state index contributed by atoms with van der Waals surface area (Å²) in [6, 6.07) is 6.02. The van der Waals surface area contributed by atoms with Crippen molar-refractivity contribution < 1.29 is 9.32 Å². The molecule has 0 aliphatic carbocycles. The van der Waals surface area contributed by atoms with Gasteiger partial charge in [0.25, 0.3) is 5.91 Å². The zero-order chi connectivity index (χ0) is 21.1. The van der Waals surface area contributed by atoms with Crippen molar-refractivity contribution in [2.45, 2.75) is 20.4 Å². The first-order chi connectivity index (χ1) is 14.5. The molecule has 3 aromatic heterocycles. The van der Waals surface area contributed by atoms with Gasteiger partial charge in [-0.3, -0.25) is 9.48 Å². The summed E-state index contributed by atoms with van der Waals surface area (Å²) >= 11 is 0. The highest BCUT2D eigenvalue weighted by Crippen LogP contribution is 2.26. The number of hydrogen-bond acceptors (Lipinski definition) is 7. The fourth-order valence-corrected chi connectivity index (χ4v) is 3.12. The number of nitrogens with zero attached hydrogens (tertiary/aromatic N) is 5. The molecule has 4 rings (SSSR count). The van der Waals surface area contributed by atoms with Gasteiger partial charge >= 0.3 is 0 Å². The van der Waals surface area contributed by atoms with Crippen LogP contribution in [0.15, 0.2) is 53.8 Å². The lowest BCUT2D eigenvalue weighted by molar-refractivity contribution is 0.0950. The number of hydrogen-bond donors (Lipinski definition) is 2. The van der Waals surface area contributed by atoms with E-state index in [0.717, 1.165) is 33.6 Å². The number of amides is 1. The molecule has 1 aromatic carbocycles. The summed E-state index contributed by atoms with van der Waals surface area (Å²) in [6.45, 7) is 4.45. The maximum atomic E-state index is 12.1. The van der Waals surface area contributed by atoms with Crippen molar-refractivity contribution in [3.8, 4) is 11.3 Å². The van der Waals surface area contributed by atoms with Gasteiger partial charge in [0, 0.05) is 31.5 Å². The van der Waals surface area contributed by atoms with Crippen LogP contribution in [0, 0.1) is 13.8 Å². The van der Waals surface area contributed by atoms with E-state index in [-0.39, 0.29) is 5.91 Å². The van der Waals surface area contributed by atoms with Crippen LogP contribution in [0.5, 0.6) is 0 Å². The molecule has 3 heterocycles. The Labute approximate surface area is 173 Å². The Balaban J connectivity index is 1.53. The van der Waals surface area contributed by atoms with E-state index in [0.29, 0.717) is 18.1 Å². The molecule has 9 heteroatoms. The van der Waals surface area contributed by atoms with Crippen molar-refractivity contribution in [1.82, 2.24) is 30.2 Å². The van der Waals surface area contributed by atoms with Crippen molar-refractivity contribution in [3.63, 3.8) is 0 Å². The van der Waals surface area contributed by atoms with E-state index in [2.05, 4.69) is 43.0 Å². The lowest BCUT2D eigenvalue weighted by Gasteiger charge is -2.13. The molecule has 152 valence electrons. The van der Waals surface area contributed by atoms with Gasteiger partial charge in [0.2, 0.25) is 5.95 Å². The minimum atomic E-state index is -0.223. The molecular formula is C21H21N7O2. The third kappa shape index (κ3) is 4.19. The second-order valence-electron chi connectivity index (χ2n) is 6.98. The predicted octanol–water partition coefficient (Wildman–Crippen LogP) is 3.16. The molecule has 0 saturated carbocycles. The average molecular weight is 403 g/mol. The molecule has 0 bridgehead atoms. The second-order valence-corrected chi connectivity index (χ2v) is 6.98. The van der Waals surface area contributed by atoms with E-state index in [1.165, 1.54) is 12.5 Å². The minimum absolute atomic E-state index is 0.223. The molecule has 1 amide bonds. The smallest absolute Gasteiger partial charge is 0.256 e. The first-order valence-corrected chi connectivity index (χ1v) is 9.36. The molecular weight excluding hydrogens is 382 g/mol. The Morgan fingerprint density at radius 2 is 2.07 bits per heavy atom. The van der Waals surface area contributed by atoms with E-state index in [1.54, 1.807) is 17.1 Å². The van der Waals surface area contributed by atoms with Gasteiger partial charge in [-0.05, 0) is 42.7 Å². The molecule has 0 aliphatic rings. The van der Waals surface area contributed by atoms with E-state index >= 15 is 0 Å². The molecule has 0 aliphatic heterocycles. The zero-order valence-electron chi connectivity index (χ0n) is 16.9. The van der Waals surface area contributed by atoms with E-state index < -0.39 is 0 Å². The highest BCUT2D eigenvalue weighted by molar-refractivity contribution is 5.93. The fourth-order valence-electron chi connectivity index (χ4n) is 3.12. The number of aromatic nitrogens is 5. The predicted molar refractivity (Wildman–Crippen MR) is 111 cm³/mol. The van der Waals surface area contributed by atoms with Gasteiger partial charge in [0.05, 0.1) is 29.3 Å². The Morgan fingerprint density at radius 1 is 1.20 bits per heavy atom. The van der Waals surface area contributed by atoms with Crippen molar-refractivity contribution in [2.24, 2.45) is 7.05 Å². The maximum absolute atomic E-state index is 12.1. The SMILES string of the molecule is Cc1cc(-c2ccnc(Nc3cnn(C)c3)n2)c(C)cc1CNC(=O)c1cnoc1. The summed E-state index contributed by atoms with van der Waals surface area (Å²) < 4.78 is 6.42. The highest BCUT2D eigenvalue weighted by Gasteiger charge is 2.12. The number of aryl methyl sites for hydroxylation is 3. The molecule has 30 heavy (non-hydrogen) atoms. The van der Waals surface area contributed by atoms with Gasteiger partial charge in [0.15, 0.2) is 0 Å². The van der Waals surface area contributed by atoms with Crippen molar-refractivity contribution in [1.29, 1.82) is 0 Å². The van der Waals surface area contributed by atoms with Crippen LogP contribution in [-0.2, 0) is 13.6 Å². The Bertz CT molecular complexity index is 1180. The maximum Gasteiger partial charge on any atom is 0.256 e. The fraction of sp³-hybridized carbons (Fsp3) is 0.190. The summed E-state index contributed by atoms with van der Waals surface area (Å²) in [5.74, 6) is 0.280. The number of carbonyl (C=O) groups is 1. The number of benzene rings is 1. The topological polar surface area (TPSA) is 111 Å². The summed E-state index contributed by atoms with van der Waals surface area (Å²) in [4.78, 5) is 21.0. The monoisotopic (exact) mass is 403 g/mol. The lowest BCUT2D eigenvalue weighted by atomic mass is 9.97. The quantitative estimate of drug-likeness (QED) is 0.509. The number of rotatable bonds is 6. The highest BCUT2D eigenvalue weighted by atomic mass is 16.5. The summed E-state index contributed by atoms with van der Waals surface area (Å²) in [5.41, 5.74) is 6.19. The number of carbonyl (C=O) groups excluding carboxylic acids is 1. The first kappa shape index (κ1) is 19.3. The summed E-state index contributed by atoms with van der Waals surface area (Å²) in [5, 5.41) is 13.7. The second kappa shape index (κ2) is 8.16. The summed E-state index contributed by atoms with van der Waals surface area (Å²) in [7, 11) is 1.85.